The highest BCUT2D eigenvalue weighted by Crippen LogP contribution is 2.06. The Hall–Kier alpha value is -1.25. The number of methoxy groups -OCH3 is 1. The second-order valence-electron chi connectivity index (χ2n) is 3.64. The van der Waals surface area contributed by atoms with Gasteiger partial charge in [0.15, 0.2) is 0 Å². The molecule has 0 aliphatic heterocycles. The summed E-state index contributed by atoms with van der Waals surface area (Å²) in [4.78, 5) is 10.6. The molecule has 0 radical (unpaired) electrons. The van der Waals surface area contributed by atoms with Crippen LogP contribution in [0.2, 0.25) is 0 Å². The minimum atomic E-state index is -0.636. The van der Waals surface area contributed by atoms with Gasteiger partial charge in [-0.1, -0.05) is 17.2 Å². The molecule has 0 fully saturated rings. The quantitative estimate of drug-likeness (QED) is 0.517. The van der Waals surface area contributed by atoms with Crippen molar-refractivity contribution in [1.29, 1.82) is 0 Å². The molecule has 3 heteroatoms. The van der Waals surface area contributed by atoms with Gasteiger partial charge in [-0.3, -0.25) is 0 Å². The van der Waals surface area contributed by atoms with Crippen molar-refractivity contribution in [3.63, 3.8) is 0 Å². The number of hydrogen-bond acceptors (Lipinski definition) is 3. The minimum Gasteiger partial charge on any atom is -0.438 e. The standard InChI is InChI=1S/C12H20O3/c1-10(2)6-5-7-11(3)8-9-15-12(13)14-4/h6,8H,5,7,9H2,1-4H3. The van der Waals surface area contributed by atoms with Crippen LogP contribution in [0.25, 0.3) is 0 Å². The Morgan fingerprint density at radius 1 is 1.20 bits per heavy atom. The fourth-order valence-electron chi connectivity index (χ4n) is 1.00. The van der Waals surface area contributed by atoms with E-state index in [4.69, 9.17) is 4.74 Å². The summed E-state index contributed by atoms with van der Waals surface area (Å²) < 4.78 is 9.08. The van der Waals surface area contributed by atoms with Crippen molar-refractivity contribution in [2.45, 2.75) is 33.6 Å². The summed E-state index contributed by atoms with van der Waals surface area (Å²) in [6, 6.07) is 0. The third-order valence-electron chi connectivity index (χ3n) is 1.89. The van der Waals surface area contributed by atoms with Crippen LogP contribution in [0.15, 0.2) is 23.3 Å². The van der Waals surface area contributed by atoms with E-state index in [-0.39, 0.29) is 6.61 Å². The van der Waals surface area contributed by atoms with Gasteiger partial charge in [0, 0.05) is 0 Å². The fraction of sp³-hybridized carbons (Fsp3) is 0.583. The lowest BCUT2D eigenvalue weighted by Crippen LogP contribution is -2.03. The van der Waals surface area contributed by atoms with Crippen molar-refractivity contribution in [2.75, 3.05) is 13.7 Å². The van der Waals surface area contributed by atoms with E-state index in [0.717, 1.165) is 12.8 Å². The molecular formula is C12H20O3. The van der Waals surface area contributed by atoms with Crippen molar-refractivity contribution in [1.82, 2.24) is 0 Å². The van der Waals surface area contributed by atoms with Gasteiger partial charge in [-0.25, -0.2) is 4.79 Å². The molecule has 86 valence electrons. The number of carbonyl (C=O) groups is 1. The molecule has 0 aliphatic carbocycles. The zero-order chi connectivity index (χ0) is 11.7. The molecule has 0 atom stereocenters. The van der Waals surface area contributed by atoms with Gasteiger partial charge in [-0.15, -0.1) is 0 Å². The van der Waals surface area contributed by atoms with E-state index in [1.54, 1.807) is 0 Å². The Morgan fingerprint density at radius 3 is 2.40 bits per heavy atom. The predicted molar refractivity (Wildman–Crippen MR) is 60.8 cm³/mol. The molecule has 0 saturated carbocycles. The van der Waals surface area contributed by atoms with Gasteiger partial charge in [0.05, 0.1) is 7.11 Å². The molecule has 0 aromatic heterocycles. The average Bonchev–Trinajstić information content (AvgIpc) is 2.17. The topological polar surface area (TPSA) is 35.5 Å². The highest BCUT2D eigenvalue weighted by atomic mass is 16.7. The smallest absolute Gasteiger partial charge is 0.438 e. The maximum absolute atomic E-state index is 10.6. The molecule has 0 unspecified atom stereocenters. The maximum Gasteiger partial charge on any atom is 0.508 e. The maximum atomic E-state index is 10.6. The number of hydrogen-bond donors (Lipinski definition) is 0. The van der Waals surface area contributed by atoms with Crippen LogP contribution in [0.4, 0.5) is 4.79 Å². The first-order chi connectivity index (χ1) is 7.06. The second-order valence-corrected chi connectivity index (χ2v) is 3.64. The third kappa shape index (κ3) is 9.06. The van der Waals surface area contributed by atoms with E-state index in [2.05, 4.69) is 24.7 Å². The lowest BCUT2D eigenvalue weighted by atomic mass is 10.1. The third-order valence-corrected chi connectivity index (χ3v) is 1.89. The first-order valence-corrected chi connectivity index (χ1v) is 5.06. The van der Waals surface area contributed by atoms with E-state index < -0.39 is 6.16 Å². The van der Waals surface area contributed by atoms with E-state index in [1.807, 2.05) is 13.0 Å². The summed E-state index contributed by atoms with van der Waals surface area (Å²) in [6.45, 7) is 6.48. The predicted octanol–water partition coefficient (Wildman–Crippen LogP) is 3.46. The summed E-state index contributed by atoms with van der Waals surface area (Å²) in [7, 11) is 1.30. The molecule has 3 nitrogen and oxygen atoms in total. The summed E-state index contributed by atoms with van der Waals surface area (Å²) in [6.07, 6.45) is 5.48. The van der Waals surface area contributed by atoms with Gasteiger partial charge in [0.1, 0.15) is 6.61 Å². The van der Waals surface area contributed by atoms with E-state index in [1.165, 1.54) is 18.3 Å². The van der Waals surface area contributed by atoms with E-state index >= 15 is 0 Å². The van der Waals surface area contributed by atoms with Crippen LogP contribution in [0.3, 0.4) is 0 Å². The largest absolute Gasteiger partial charge is 0.508 e. The Kier molecular flexibility index (Phi) is 7.42. The zero-order valence-corrected chi connectivity index (χ0v) is 10.0. The summed E-state index contributed by atoms with van der Waals surface area (Å²) >= 11 is 0. The Labute approximate surface area is 91.8 Å². The lowest BCUT2D eigenvalue weighted by Gasteiger charge is -2.01. The van der Waals surface area contributed by atoms with Gasteiger partial charge in [0.25, 0.3) is 0 Å². The van der Waals surface area contributed by atoms with Gasteiger partial charge in [0.2, 0.25) is 0 Å². The highest BCUT2D eigenvalue weighted by molar-refractivity contribution is 5.59. The Morgan fingerprint density at radius 2 is 1.87 bits per heavy atom. The van der Waals surface area contributed by atoms with E-state index in [0.29, 0.717) is 0 Å². The molecule has 0 aromatic rings. The zero-order valence-electron chi connectivity index (χ0n) is 10.0. The molecule has 0 heterocycles. The molecule has 0 amide bonds. The molecule has 0 rings (SSSR count). The number of rotatable bonds is 5. The number of allylic oxidation sites excluding steroid dienone is 3. The number of ether oxygens (including phenoxy) is 2. The Balaban J connectivity index is 3.70. The van der Waals surface area contributed by atoms with Crippen molar-refractivity contribution >= 4 is 6.16 Å². The van der Waals surface area contributed by atoms with Crippen LogP contribution < -0.4 is 0 Å². The van der Waals surface area contributed by atoms with Crippen molar-refractivity contribution in [2.24, 2.45) is 0 Å². The fourth-order valence-corrected chi connectivity index (χ4v) is 1.00. The first-order valence-electron chi connectivity index (χ1n) is 5.06. The van der Waals surface area contributed by atoms with Crippen LogP contribution in [-0.2, 0) is 9.47 Å². The summed E-state index contributed by atoms with van der Waals surface area (Å²) in [5.74, 6) is 0. The minimum absolute atomic E-state index is 0.285. The monoisotopic (exact) mass is 212 g/mol. The van der Waals surface area contributed by atoms with Crippen molar-refractivity contribution in [3.8, 4) is 0 Å². The lowest BCUT2D eigenvalue weighted by molar-refractivity contribution is 0.0816. The van der Waals surface area contributed by atoms with Gasteiger partial charge < -0.3 is 9.47 Å². The summed E-state index contributed by atoms with van der Waals surface area (Å²) in [5.41, 5.74) is 2.55. The van der Waals surface area contributed by atoms with Crippen LogP contribution >= 0.6 is 0 Å². The van der Waals surface area contributed by atoms with Gasteiger partial charge in [-0.2, -0.15) is 0 Å². The van der Waals surface area contributed by atoms with Crippen molar-refractivity contribution < 1.29 is 14.3 Å². The summed E-state index contributed by atoms with van der Waals surface area (Å²) in [5, 5.41) is 0. The van der Waals surface area contributed by atoms with Crippen LogP contribution in [-0.4, -0.2) is 19.9 Å². The van der Waals surface area contributed by atoms with Crippen LogP contribution in [0.1, 0.15) is 33.6 Å². The molecule has 0 N–H and O–H groups in total. The first kappa shape index (κ1) is 13.8. The molecular weight excluding hydrogens is 192 g/mol. The molecule has 0 aliphatic rings. The van der Waals surface area contributed by atoms with Crippen LogP contribution in [0.5, 0.6) is 0 Å². The SMILES string of the molecule is COC(=O)OCC=C(C)CCC=C(C)C. The van der Waals surface area contributed by atoms with Gasteiger partial charge in [-0.05, 0) is 39.7 Å². The van der Waals surface area contributed by atoms with Crippen LogP contribution in [0, 0.1) is 0 Å². The average molecular weight is 212 g/mol. The molecule has 0 aromatic carbocycles. The second kappa shape index (κ2) is 8.09. The molecule has 0 saturated heterocycles. The molecule has 0 bridgehead atoms. The molecule has 15 heavy (non-hydrogen) atoms. The molecule has 0 spiro atoms. The Bertz CT molecular complexity index is 248. The highest BCUT2D eigenvalue weighted by Gasteiger charge is 1.97. The van der Waals surface area contributed by atoms with Crippen molar-refractivity contribution in [3.05, 3.63) is 23.3 Å². The van der Waals surface area contributed by atoms with E-state index in [9.17, 15) is 4.79 Å². The van der Waals surface area contributed by atoms with Gasteiger partial charge >= 0.3 is 6.16 Å². The normalized spacial score (nSPS) is 10.8. The number of carbonyl (C=O) groups excluding carboxylic acids is 1.